The fourth-order valence-corrected chi connectivity index (χ4v) is 2.55. The summed E-state index contributed by atoms with van der Waals surface area (Å²) in [5.41, 5.74) is 1.08. The molecule has 1 unspecified atom stereocenters. The average Bonchev–Trinajstić information content (AvgIpc) is 2.81. The van der Waals surface area contributed by atoms with E-state index in [1.54, 1.807) is 23.7 Å². The van der Waals surface area contributed by atoms with E-state index < -0.39 is 0 Å². The van der Waals surface area contributed by atoms with Gasteiger partial charge < -0.3 is 5.32 Å². The average molecular weight is 262 g/mol. The number of aromatic nitrogens is 3. The van der Waals surface area contributed by atoms with Gasteiger partial charge in [-0.2, -0.15) is 0 Å². The lowest BCUT2D eigenvalue weighted by molar-refractivity contribution is 0.503. The molecule has 0 aliphatic heterocycles. The number of nitrogens with zero attached hydrogens (tertiary/aromatic N) is 3. The summed E-state index contributed by atoms with van der Waals surface area (Å²) in [6, 6.07) is 1.99. The number of nitrogens with one attached hydrogen (secondary N) is 1. The predicted octanol–water partition coefficient (Wildman–Crippen LogP) is 2.52. The molecule has 1 atom stereocenters. The van der Waals surface area contributed by atoms with Gasteiger partial charge in [0, 0.05) is 29.9 Å². The number of rotatable bonds is 6. The third-order valence-corrected chi connectivity index (χ3v) is 3.57. The first-order chi connectivity index (χ1) is 8.79. The standard InChI is InChI=1S/C13H18N4S/c1-3-5-14-11(13-15-6-4-7-16-13)8-12-17-10(2)9-18-12/h4,6-7,9,11,14H,3,5,8H2,1-2H3. The molecule has 2 heterocycles. The molecule has 0 saturated heterocycles. The van der Waals surface area contributed by atoms with Crippen LogP contribution in [-0.2, 0) is 6.42 Å². The van der Waals surface area contributed by atoms with Gasteiger partial charge in [0.25, 0.3) is 0 Å². The monoisotopic (exact) mass is 262 g/mol. The van der Waals surface area contributed by atoms with Gasteiger partial charge >= 0.3 is 0 Å². The van der Waals surface area contributed by atoms with Crippen molar-refractivity contribution < 1.29 is 0 Å². The Balaban J connectivity index is 2.10. The quantitative estimate of drug-likeness (QED) is 0.869. The Labute approximate surface area is 112 Å². The molecule has 2 rings (SSSR count). The molecule has 0 aliphatic carbocycles. The van der Waals surface area contributed by atoms with Gasteiger partial charge in [-0.05, 0) is 26.0 Å². The first kappa shape index (κ1) is 13.1. The van der Waals surface area contributed by atoms with E-state index in [2.05, 4.69) is 32.6 Å². The molecular weight excluding hydrogens is 244 g/mol. The molecule has 2 aromatic heterocycles. The molecule has 0 saturated carbocycles. The van der Waals surface area contributed by atoms with Crippen molar-refractivity contribution in [2.24, 2.45) is 0 Å². The highest BCUT2D eigenvalue weighted by molar-refractivity contribution is 7.09. The highest BCUT2D eigenvalue weighted by Gasteiger charge is 2.15. The van der Waals surface area contributed by atoms with E-state index in [4.69, 9.17) is 0 Å². The maximum atomic E-state index is 4.51. The van der Waals surface area contributed by atoms with Gasteiger partial charge in [0.15, 0.2) is 0 Å². The van der Waals surface area contributed by atoms with Crippen molar-refractivity contribution in [2.45, 2.75) is 32.7 Å². The normalized spacial score (nSPS) is 12.6. The fraction of sp³-hybridized carbons (Fsp3) is 0.462. The molecule has 4 nitrogen and oxygen atoms in total. The van der Waals surface area contributed by atoms with Crippen molar-refractivity contribution in [2.75, 3.05) is 6.54 Å². The summed E-state index contributed by atoms with van der Waals surface area (Å²) >= 11 is 1.70. The lowest BCUT2D eigenvalue weighted by Crippen LogP contribution is -2.25. The molecule has 5 heteroatoms. The van der Waals surface area contributed by atoms with Crippen LogP contribution in [-0.4, -0.2) is 21.5 Å². The predicted molar refractivity (Wildman–Crippen MR) is 73.6 cm³/mol. The van der Waals surface area contributed by atoms with Crippen LogP contribution in [0.1, 0.15) is 35.9 Å². The Hall–Kier alpha value is -1.33. The molecule has 2 aromatic rings. The zero-order valence-corrected chi connectivity index (χ0v) is 11.6. The Bertz CT molecular complexity index is 469. The van der Waals surface area contributed by atoms with Crippen molar-refractivity contribution in [1.82, 2.24) is 20.3 Å². The lowest BCUT2D eigenvalue weighted by Gasteiger charge is -2.15. The third-order valence-electron chi connectivity index (χ3n) is 2.58. The summed E-state index contributed by atoms with van der Waals surface area (Å²) in [5.74, 6) is 0.846. The van der Waals surface area contributed by atoms with Crippen LogP contribution in [0.2, 0.25) is 0 Å². The van der Waals surface area contributed by atoms with Crippen molar-refractivity contribution in [3.05, 3.63) is 40.4 Å². The minimum Gasteiger partial charge on any atom is -0.307 e. The Morgan fingerprint density at radius 3 is 2.72 bits per heavy atom. The lowest BCUT2D eigenvalue weighted by atomic mass is 10.2. The van der Waals surface area contributed by atoms with Crippen molar-refractivity contribution in [3.8, 4) is 0 Å². The molecule has 0 spiro atoms. The third kappa shape index (κ3) is 3.58. The van der Waals surface area contributed by atoms with Crippen LogP contribution < -0.4 is 5.32 Å². The van der Waals surface area contributed by atoms with E-state index in [0.717, 1.165) is 35.9 Å². The van der Waals surface area contributed by atoms with Crippen molar-refractivity contribution in [1.29, 1.82) is 0 Å². The molecule has 0 bridgehead atoms. The smallest absolute Gasteiger partial charge is 0.145 e. The number of thiazole rings is 1. The summed E-state index contributed by atoms with van der Waals surface area (Å²) in [7, 11) is 0. The summed E-state index contributed by atoms with van der Waals surface area (Å²) in [6.07, 6.45) is 5.52. The van der Waals surface area contributed by atoms with Gasteiger partial charge in [0.05, 0.1) is 11.0 Å². The minimum atomic E-state index is 0.150. The molecule has 0 radical (unpaired) electrons. The first-order valence-electron chi connectivity index (χ1n) is 6.21. The molecule has 1 N–H and O–H groups in total. The molecular formula is C13H18N4S. The van der Waals surface area contributed by atoms with E-state index in [-0.39, 0.29) is 6.04 Å². The SMILES string of the molecule is CCCNC(Cc1nc(C)cs1)c1ncccn1. The number of aryl methyl sites for hydroxylation is 1. The van der Waals surface area contributed by atoms with Crippen LogP contribution in [0.25, 0.3) is 0 Å². The second kappa shape index (κ2) is 6.56. The summed E-state index contributed by atoms with van der Waals surface area (Å²) in [6.45, 7) is 5.14. The number of hydrogen-bond acceptors (Lipinski definition) is 5. The zero-order valence-electron chi connectivity index (χ0n) is 10.8. The van der Waals surface area contributed by atoms with Crippen LogP contribution in [0.4, 0.5) is 0 Å². The van der Waals surface area contributed by atoms with Gasteiger partial charge in [0.1, 0.15) is 5.82 Å². The molecule has 0 aromatic carbocycles. The van der Waals surface area contributed by atoms with Crippen LogP contribution in [0.3, 0.4) is 0 Å². The first-order valence-corrected chi connectivity index (χ1v) is 7.09. The van der Waals surface area contributed by atoms with Crippen LogP contribution >= 0.6 is 11.3 Å². The van der Waals surface area contributed by atoms with Crippen LogP contribution in [0.15, 0.2) is 23.8 Å². The van der Waals surface area contributed by atoms with Crippen molar-refractivity contribution >= 4 is 11.3 Å². The van der Waals surface area contributed by atoms with Gasteiger partial charge in [-0.25, -0.2) is 15.0 Å². The number of hydrogen-bond donors (Lipinski definition) is 1. The molecule has 18 heavy (non-hydrogen) atoms. The van der Waals surface area contributed by atoms with Crippen LogP contribution in [0.5, 0.6) is 0 Å². The van der Waals surface area contributed by atoms with Gasteiger partial charge in [-0.15, -0.1) is 11.3 Å². The maximum Gasteiger partial charge on any atom is 0.145 e. The molecule has 0 fully saturated rings. The fourth-order valence-electron chi connectivity index (χ4n) is 1.73. The highest BCUT2D eigenvalue weighted by Crippen LogP contribution is 2.18. The van der Waals surface area contributed by atoms with Gasteiger partial charge in [-0.3, -0.25) is 0 Å². The second-order valence-corrected chi connectivity index (χ2v) is 5.14. The van der Waals surface area contributed by atoms with E-state index in [1.165, 1.54) is 0 Å². The van der Waals surface area contributed by atoms with Crippen LogP contribution in [0, 0.1) is 6.92 Å². The Kier molecular flexibility index (Phi) is 4.78. The summed E-state index contributed by atoms with van der Waals surface area (Å²) < 4.78 is 0. The van der Waals surface area contributed by atoms with Gasteiger partial charge in [0.2, 0.25) is 0 Å². The second-order valence-electron chi connectivity index (χ2n) is 4.20. The highest BCUT2D eigenvalue weighted by atomic mass is 32.1. The molecule has 0 amide bonds. The van der Waals surface area contributed by atoms with E-state index in [0.29, 0.717) is 0 Å². The van der Waals surface area contributed by atoms with E-state index in [9.17, 15) is 0 Å². The zero-order chi connectivity index (χ0) is 12.8. The van der Waals surface area contributed by atoms with Gasteiger partial charge in [-0.1, -0.05) is 6.92 Å². The summed E-state index contributed by atoms with van der Waals surface area (Å²) in [4.78, 5) is 13.2. The Morgan fingerprint density at radius 2 is 2.11 bits per heavy atom. The van der Waals surface area contributed by atoms with Crippen molar-refractivity contribution in [3.63, 3.8) is 0 Å². The maximum absolute atomic E-state index is 4.51. The Morgan fingerprint density at radius 1 is 1.33 bits per heavy atom. The molecule has 96 valence electrons. The summed E-state index contributed by atoms with van der Waals surface area (Å²) in [5, 5.41) is 6.70. The minimum absolute atomic E-state index is 0.150. The van der Waals surface area contributed by atoms with E-state index >= 15 is 0 Å². The van der Waals surface area contributed by atoms with E-state index in [1.807, 2.05) is 13.0 Å². The largest absolute Gasteiger partial charge is 0.307 e. The topological polar surface area (TPSA) is 50.7 Å². The molecule has 0 aliphatic rings.